The second-order valence-corrected chi connectivity index (χ2v) is 6.47. The zero-order valence-electron chi connectivity index (χ0n) is 14.9. The molecule has 0 bridgehead atoms. The summed E-state index contributed by atoms with van der Waals surface area (Å²) in [4.78, 5) is 18.4. The number of hydrogen-bond acceptors (Lipinski definition) is 4. The minimum atomic E-state index is -0.275. The van der Waals surface area contributed by atoms with Crippen molar-refractivity contribution in [3.05, 3.63) is 83.5 Å². The Bertz CT molecular complexity index is 868. The van der Waals surface area contributed by atoms with Gasteiger partial charge in [-0.3, -0.25) is 4.79 Å². The van der Waals surface area contributed by atoms with Crippen LogP contribution in [0.15, 0.2) is 72.9 Å². The highest BCUT2D eigenvalue weighted by Gasteiger charge is 2.07. The van der Waals surface area contributed by atoms with Crippen LogP contribution in [-0.2, 0) is 11.3 Å². The Morgan fingerprint density at radius 1 is 1.07 bits per heavy atom. The van der Waals surface area contributed by atoms with Gasteiger partial charge in [-0.15, -0.1) is 0 Å². The van der Waals surface area contributed by atoms with Crippen LogP contribution in [0.5, 0.6) is 5.75 Å². The summed E-state index contributed by atoms with van der Waals surface area (Å²) in [6.07, 6.45) is 1.73. The van der Waals surface area contributed by atoms with Crippen molar-refractivity contribution in [3.63, 3.8) is 0 Å². The van der Waals surface area contributed by atoms with Gasteiger partial charge in [0.2, 0.25) is 0 Å². The summed E-state index contributed by atoms with van der Waals surface area (Å²) in [7, 11) is 2.00. The van der Waals surface area contributed by atoms with Gasteiger partial charge in [-0.2, -0.15) is 0 Å². The molecule has 0 aliphatic heterocycles. The molecule has 0 fully saturated rings. The van der Waals surface area contributed by atoms with Crippen LogP contribution in [-0.4, -0.2) is 24.5 Å². The summed E-state index contributed by atoms with van der Waals surface area (Å²) in [6.45, 7) is 0.683. The van der Waals surface area contributed by atoms with Crippen molar-refractivity contribution in [1.29, 1.82) is 0 Å². The van der Waals surface area contributed by atoms with Crippen LogP contribution < -0.4 is 15.0 Å². The quantitative estimate of drug-likeness (QED) is 0.659. The maximum Gasteiger partial charge on any atom is 0.263 e. The van der Waals surface area contributed by atoms with E-state index in [1.54, 1.807) is 36.5 Å². The largest absolute Gasteiger partial charge is 0.484 e. The molecular weight excluding hydrogens is 362 g/mol. The predicted molar refractivity (Wildman–Crippen MR) is 108 cm³/mol. The first-order valence-corrected chi connectivity index (χ1v) is 8.87. The van der Waals surface area contributed by atoms with Crippen molar-refractivity contribution >= 4 is 29.0 Å². The third-order valence-electron chi connectivity index (χ3n) is 3.90. The number of ether oxygens (including phenoxy) is 1. The Kier molecular flexibility index (Phi) is 6.28. The first kappa shape index (κ1) is 18.7. The number of rotatable bonds is 7. The van der Waals surface area contributed by atoms with E-state index in [1.807, 2.05) is 31.3 Å². The lowest BCUT2D eigenvalue weighted by molar-refractivity contribution is -0.118. The molecule has 2 aromatic carbocycles. The van der Waals surface area contributed by atoms with Crippen LogP contribution in [0.25, 0.3) is 0 Å². The topological polar surface area (TPSA) is 54.5 Å². The average molecular weight is 382 g/mol. The Hall–Kier alpha value is -3.05. The predicted octanol–water partition coefficient (Wildman–Crippen LogP) is 4.39. The molecule has 3 aromatic rings. The summed E-state index contributed by atoms with van der Waals surface area (Å²) in [5.74, 6) is 0.791. The van der Waals surface area contributed by atoms with E-state index in [1.165, 1.54) is 5.56 Å². The number of anilines is 2. The minimum absolute atomic E-state index is 0.0982. The van der Waals surface area contributed by atoms with E-state index >= 15 is 0 Å². The standard InChI is InChI=1S/C21H20ClN3O2/c1-25(14-16-5-3-2-4-6-16)18-9-12-20(23-13-18)24-21(26)15-27-19-10-7-17(22)8-11-19/h2-13H,14-15H2,1H3,(H,23,24,26). The number of carbonyl (C=O) groups excluding carboxylic acids is 1. The highest BCUT2D eigenvalue weighted by atomic mass is 35.5. The maximum atomic E-state index is 12.0. The molecule has 0 unspecified atom stereocenters. The Morgan fingerprint density at radius 2 is 1.81 bits per heavy atom. The zero-order valence-corrected chi connectivity index (χ0v) is 15.7. The van der Waals surface area contributed by atoms with Crippen LogP contribution in [0.1, 0.15) is 5.56 Å². The van der Waals surface area contributed by atoms with Gasteiger partial charge in [0.15, 0.2) is 6.61 Å². The molecule has 0 atom stereocenters. The molecular formula is C21H20ClN3O2. The van der Waals surface area contributed by atoms with Gasteiger partial charge in [0.25, 0.3) is 5.91 Å². The van der Waals surface area contributed by atoms with Crippen molar-refractivity contribution in [2.45, 2.75) is 6.54 Å². The van der Waals surface area contributed by atoms with E-state index < -0.39 is 0 Å². The van der Waals surface area contributed by atoms with Crippen molar-refractivity contribution in [1.82, 2.24) is 4.98 Å². The molecule has 1 aromatic heterocycles. The van der Waals surface area contributed by atoms with Crippen molar-refractivity contribution in [2.24, 2.45) is 0 Å². The molecule has 0 aliphatic carbocycles. The van der Waals surface area contributed by atoms with Gasteiger partial charge in [0.1, 0.15) is 11.6 Å². The van der Waals surface area contributed by atoms with E-state index in [2.05, 4.69) is 27.3 Å². The van der Waals surface area contributed by atoms with Gasteiger partial charge >= 0.3 is 0 Å². The number of halogens is 1. The molecule has 1 heterocycles. The maximum absolute atomic E-state index is 12.0. The SMILES string of the molecule is CN(Cc1ccccc1)c1ccc(NC(=O)COc2ccc(Cl)cc2)nc1. The Labute approximate surface area is 163 Å². The summed E-state index contributed by atoms with van der Waals surface area (Å²) < 4.78 is 5.42. The first-order chi connectivity index (χ1) is 13.1. The highest BCUT2D eigenvalue weighted by molar-refractivity contribution is 6.30. The van der Waals surface area contributed by atoms with Gasteiger partial charge in [-0.25, -0.2) is 4.98 Å². The fourth-order valence-corrected chi connectivity index (χ4v) is 2.62. The number of carbonyl (C=O) groups is 1. The smallest absolute Gasteiger partial charge is 0.263 e. The Balaban J connectivity index is 1.50. The molecule has 0 saturated carbocycles. The number of aromatic nitrogens is 1. The lowest BCUT2D eigenvalue weighted by Crippen LogP contribution is -2.21. The van der Waals surface area contributed by atoms with Crippen LogP contribution in [0, 0.1) is 0 Å². The van der Waals surface area contributed by atoms with Crippen LogP contribution in [0.2, 0.25) is 5.02 Å². The molecule has 3 rings (SSSR count). The molecule has 27 heavy (non-hydrogen) atoms. The van der Waals surface area contributed by atoms with Gasteiger partial charge in [0.05, 0.1) is 11.9 Å². The normalized spacial score (nSPS) is 10.3. The fourth-order valence-electron chi connectivity index (χ4n) is 2.49. The second-order valence-electron chi connectivity index (χ2n) is 6.03. The molecule has 138 valence electrons. The molecule has 0 spiro atoms. The third-order valence-corrected chi connectivity index (χ3v) is 4.15. The van der Waals surface area contributed by atoms with E-state index in [-0.39, 0.29) is 12.5 Å². The number of hydrogen-bond donors (Lipinski definition) is 1. The first-order valence-electron chi connectivity index (χ1n) is 8.49. The molecule has 5 nitrogen and oxygen atoms in total. The minimum Gasteiger partial charge on any atom is -0.484 e. The summed E-state index contributed by atoms with van der Waals surface area (Å²) >= 11 is 5.82. The van der Waals surface area contributed by atoms with E-state index in [0.717, 1.165) is 12.2 Å². The van der Waals surface area contributed by atoms with Crippen LogP contribution >= 0.6 is 11.6 Å². The van der Waals surface area contributed by atoms with Gasteiger partial charge in [0, 0.05) is 18.6 Å². The molecule has 1 amide bonds. The number of nitrogens with one attached hydrogen (secondary N) is 1. The lowest BCUT2D eigenvalue weighted by Gasteiger charge is -2.19. The zero-order chi connectivity index (χ0) is 19.1. The molecule has 0 radical (unpaired) electrons. The van der Waals surface area contributed by atoms with Crippen molar-refractivity contribution in [3.8, 4) is 5.75 Å². The molecule has 0 aliphatic rings. The number of pyridine rings is 1. The molecule has 1 N–H and O–H groups in total. The molecule has 6 heteroatoms. The second kappa shape index (κ2) is 9.05. The van der Waals surface area contributed by atoms with Crippen LogP contribution in [0.3, 0.4) is 0 Å². The van der Waals surface area contributed by atoms with Crippen molar-refractivity contribution < 1.29 is 9.53 Å². The highest BCUT2D eigenvalue weighted by Crippen LogP contribution is 2.17. The van der Waals surface area contributed by atoms with Crippen LogP contribution in [0.4, 0.5) is 11.5 Å². The number of nitrogens with zero attached hydrogens (tertiary/aromatic N) is 2. The average Bonchev–Trinajstić information content (AvgIpc) is 2.69. The number of amides is 1. The number of benzene rings is 2. The van der Waals surface area contributed by atoms with Gasteiger partial charge < -0.3 is 15.0 Å². The third kappa shape index (κ3) is 5.72. The van der Waals surface area contributed by atoms with E-state index in [9.17, 15) is 4.79 Å². The lowest BCUT2D eigenvalue weighted by atomic mass is 10.2. The summed E-state index contributed by atoms with van der Waals surface area (Å²) in [5.41, 5.74) is 2.19. The fraction of sp³-hybridized carbons (Fsp3) is 0.143. The van der Waals surface area contributed by atoms with Crippen molar-refractivity contribution in [2.75, 3.05) is 23.9 Å². The van der Waals surface area contributed by atoms with Gasteiger partial charge in [-0.1, -0.05) is 41.9 Å². The van der Waals surface area contributed by atoms with E-state index in [0.29, 0.717) is 16.6 Å². The molecule has 0 saturated heterocycles. The monoisotopic (exact) mass is 381 g/mol. The van der Waals surface area contributed by atoms with Gasteiger partial charge in [-0.05, 0) is 42.0 Å². The van der Waals surface area contributed by atoms with E-state index in [4.69, 9.17) is 16.3 Å². The summed E-state index contributed by atoms with van der Waals surface area (Å²) in [5, 5.41) is 3.34. The Morgan fingerprint density at radius 3 is 2.48 bits per heavy atom. The summed E-state index contributed by atoms with van der Waals surface area (Å²) in [6, 6.07) is 20.7.